The number of nitrogens with zero attached hydrogens (tertiary/aromatic N) is 1. The number of thioether (sulfide) groups is 1. The van der Waals surface area contributed by atoms with E-state index >= 15 is 0 Å². The van der Waals surface area contributed by atoms with Crippen LogP contribution in [0.1, 0.15) is 16.8 Å². The summed E-state index contributed by atoms with van der Waals surface area (Å²) in [6.45, 7) is 1.17. The first-order valence-corrected chi connectivity index (χ1v) is 7.39. The molecule has 0 aliphatic carbocycles. The quantitative estimate of drug-likeness (QED) is 0.647. The van der Waals surface area contributed by atoms with Crippen molar-refractivity contribution in [3.8, 4) is 0 Å². The Balaban J connectivity index is 2.24. The first-order valence-electron chi connectivity index (χ1n) is 6.17. The fourth-order valence-corrected chi connectivity index (χ4v) is 2.41. The number of nitrogens with two attached hydrogens (primary N) is 1. The molecule has 0 saturated heterocycles. The smallest absolute Gasteiger partial charge is 0.252 e. The Morgan fingerprint density at radius 2 is 2.32 bits per heavy atom. The van der Waals surface area contributed by atoms with Crippen LogP contribution in [0.15, 0.2) is 35.4 Å². The highest BCUT2D eigenvalue weighted by molar-refractivity contribution is 7.98. The molecule has 0 fully saturated rings. The van der Waals surface area contributed by atoms with Crippen molar-refractivity contribution in [2.75, 3.05) is 19.3 Å². The molecule has 0 aliphatic rings. The highest BCUT2D eigenvalue weighted by Crippen LogP contribution is 2.24. The zero-order valence-electron chi connectivity index (χ0n) is 10.8. The van der Waals surface area contributed by atoms with Crippen LogP contribution in [0.2, 0.25) is 0 Å². The van der Waals surface area contributed by atoms with Gasteiger partial charge >= 0.3 is 0 Å². The molecule has 0 bridgehead atoms. The number of hydrogen-bond donors (Lipinski definition) is 2. The molecular formula is C14H17N3OS. The third kappa shape index (κ3) is 3.24. The van der Waals surface area contributed by atoms with E-state index in [2.05, 4.69) is 10.3 Å². The summed E-state index contributed by atoms with van der Waals surface area (Å²) in [5.41, 5.74) is 6.92. The van der Waals surface area contributed by atoms with Crippen molar-refractivity contribution < 1.29 is 4.79 Å². The highest BCUT2D eigenvalue weighted by atomic mass is 32.2. The number of carbonyl (C=O) groups excluding carboxylic acids is 1. The number of carbonyl (C=O) groups is 1. The molecular weight excluding hydrogens is 258 g/mol. The van der Waals surface area contributed by atoms with Gasteiger partial charge in [-0.05, 0) is 31.4 Å². The molecule has 19 heavy (non-hydrogen) atoms. The first-order chi connectivity index (χ1) is 9.26. The lowest BCUT2D eigenvalue weighted by Gasteiger charge is -2.06. The molecule has 5 heteroatoms. The van der Waals surface area contributed by atoms with E-state index < -0.39 is 0 Å². The molecule has 1 heterocycles. The summed E-state index contributed by atoms with van der Waals surface area (Å²) in [4.78, 5) is 17.4. The fourth-order valence-electron chi connectivity index (χ4n) is 1.83. The van der Waals surface area contributed by atoms with Gasteiger partial charge in [-0.25, -0.2) is 0 Å². The minimum atomic E-state index is -0.0996. The third-order valence-electron chi connectivity index (χ3n) is 2.82. The van der Waals surface area contributed by atoms with Crippen molar-refractivity contribution in [3.63, 3.8) is 0 Å². The SMILES string of the molecule is CSc1cccc2cc(C(=O)NCCCN)cnc12. The van der Waals surface area contributed by atoms with Crippen LogP contribution < -0.4 is 11.1 Å². The van der Waals surface area contributed by atoms with Crippen LogP contribution in [0.4, 0.5) is 0 Å². The van der Waals surface area contributed by atoms with E-state index in [9.17, 15) is 4.79 Å². The first kappa shape index (κ1) is 13.8. The van der Waals surface area contributed by atoms with Crippen LogP contribution in [0.3, 0.4) is 0 Å². The maximum atomic E-state index is 11.9. The second-order valence-electron chi connectivity index (χ2n) is 4.15. The highest BCUT2D eigenvalue weighted by Gasteiger charge is 2.08. The van der Waals surface area contributed by atoms with Crippen LogP contribution in [0.5, 0.6) is 0 Å². The Kier molecular flexibility index (Phi) is 4.76. The summed E-state index contributed by atoms with van der Waals surface area (Å²) >= 11 is 1.65. The summed E-state index contributed by atoms with van der Waals surface area (Å²) < 4.78 is 0. The maximum absolute atomic E-state index is 11.9. The number of amides is 1. The number of rotatable bonds is 5. The van der Waals surface area contributed by atoms with Crippen molar-refractivity contribution in [1.29, 1.82) is 0 Å². The topological polar surface area (TPSA) is 68.0 Å². The van der Waals surface area contributed by atoms with Gasteiger partial charge < -0.3 is 11.1 Å². The van der Waals surface area contributed by atoms with Crippen molar-refractivity contribution in [3.05, 3.63) is 36.0 Å². The van der Waals surface area contributed by atoms with Gasteiger partial charge in [0.25, 0.3) is 5.91 Å². The monoisotopic (exact) mass is 275 g/mol. The molecule has 0 radical (unpaired) electrons. The second kappa shape index (κ2) is 6.54. The predicted octanol–water partition coefficient (Wildman–Crippen LogP) is 2.04. The number of hydrogen-bond acceptors (Lipinski definition) is 4. The van der Waals surface area contributed by atoms with Crippen LogP contribution in [0.25, 0.3) is 10.9 Å². The van der Waals surface area contributed by atoms with E-state index in [1.54, 1.807) is 18.0 Å². The summed E-state index contributed by atoms with van der Waals surface area (Å²) in [6.07, 6.45) is 4.42. The number of pyridine rings is 1. The van der Waals surface area contributed by atoms with Crippen molar-refractivity contribution in [2.24, 2.45) is 5.73 Å². The molecule has 0 saturated carbocycles. The number of para-hydroxylation sites is 1. The number of benzene rings is 1. The van der Waals surface area contributed by atoms with Crippen molar-refractivity contribution >= 4 is 28.6 Å². The minimum Gasteiger partial charge on any atom is -0.352 e. The molecule has 1 aromatic heterocycles. The molecule has 3 N–H and O–H groups in total. The number of nitrogens with one attached hydrogen (secondary N) is 1. The molecule has 2 rings (SSSR count). The van der Waals surface area contributed by atoms with Crippen LogP contribution in [-0.4, -0.2) is 30.2 Å². The Labute approximate surface area is 116 Å². The van der Waals surface area contributed by atoms with Gasteiger partial charge in [-0.2, -0.15) is 0 Å². The van der Waals surface area contributed by atoms with Crippen LogP contribution in [-0.2, 0) is 0 Å². The summed E-state index contributed by atoms with van der Waals surface area (Å²) in [6, 6.07) is 7.85. The summed E-state index contributed by atoms with van der Waals surface area (Å²) in [5, 5.41) is 3.81. The Morgan fingerprint density at radius 3 is 3.05 bits per heavy atom. The van der Waals surface area contributed by atoms with E-state index in [1.807, 2.05) is 30.5 Å². The molecule has 100 valence electrons. The normalized spacial score (nSPS) is 10.6. The lowest BCUT2D eigenvalue weighted by atomic mass is 10.1. The fraction of sp³-hybridized carbons (Fsp3) is 0.286. The Morgan fingerprint density at radius 1 is 1.47 bits per heavy atom. The average molecular weight is 275 g/mol. The number of aromatic nitrogens is 1. The van der Waals surface area contributed by atoms with Gasteiger partial charge in [0.2, 0.25) is 0 Å². The lowest BCUT2D eigenvalue weighted by molar-refractivity contribution is 0.0953. The van der Waals surface area contributed by atoms with Crippen molar-refractivity contribution in [1.82, 2.24) is 10.3 Å². The largest absolute Gasteiger partial charge is 0.352 e. The molecule has 0 aliphatic heterocycles. The second-order valence-corrected chi connectivity index (χ2v) is 5.00. The van der Waals surface area contributed by atoms with Gasteiger partial charge in [-0.15, -0.1) is 11.8 Å². The Hall–Kier alpha value is -1.59. The molecule has 0 atom stereocenters. The molecule has 4 nitrogen and oxygen atoms in total. The van der Waals surface area contributed by atoms with E-state index in [-0.39, 0.29) is 5.91 Å². The summed E-state index contributed by atoms with van der Waals surface area (Å²) in [7, 11) is 0. The third-order valence-corrected chi connectivity index (χ3v) is 3.59. The van der Waals surface area contributed by atoms with Crippen molar-refractivity contribution in [2.45, 2.75) is 11.3 Å². The zero-order chi connectivity index (χ0) is 13.7. The molecule has 2 aromatic rings. The standard InChI is InChI=1S/C14H17N3OS/c1-19-12-5-2-4-10-8-11(9-17-13(10)12)14(18)16-7-3-6-15/h2,4-5,8-9H,3,6-7,15H2,1H3,(H,16,18). The molecule has 0 unspecified atom stereocenters. The van der Waals surface area contributed by atoms with Crippen LogP contribution >= 0.6 is 11.8 Å². The van der Waals surface area contributed by atoms with Gasteiger partial charge in [-0.1, -0.05) is 12.1 Å². The zero-order valence-corrected chi connectivity index (χ0v) is 11.7. The van der Waals surface area contributed by atoms with E-state index in [0.29, 0.717) is 18.7 Å². The van der Waals surface area contributed by atoms with Gasteiger partial charge in [0.15, 0.2) is 0 Å². The van der Waals surface area contributed by atoms with Gasteiger partial charge in [0.05, 0.1) is 11.1 Å². The maximum Gasteiger partial charge on any atom is 0.252 e. The minimum absolute atomic E-state index is 0.0996. The molecule has 1 amide bonds. The number of fused-ring (bicyclic) bond motifs is 1. The molecule has 0 spiro atoms. The predicted molar refractivity (Wildman–Crippen MR) is 79.5 cm³/mol. The Bertz CT molecular complexity index is 586. The van der Waals surface area contributed by atoms with Crippen LogP contribution in [0, 0.1) is 0 Å². The van der Waals surface area contributed by atoms with Gasteiger partial charge in [0.1, 0.15) is 0 Å². The summed E-state index contributed by atoms with van der Waals surface area (Å²) in [5.74, 6) is -0.0996. The van der Waals surface area contributed by atoms with E-state index in [0.717, 1.165) is 22.2 Å². The van der Waals surface area contributed by atoms with Gasteiger partial charge in [0, 0.05) is 23.0 Å². The van der Waals surface area contributed by atoms with E-state index in [1.165, 1.54) is 0 Å². The van der Waals surface area contributed by atoms with E-state index in [4.69, 9.17) is 5.73 Å². The van der Waals surface area contributed by atoms with Gasteiger partial charge in [-0.3, -0.25) is 9.78 Å². The average Bonchev–Trinajstić information content (AvgIpc) is 2.46. The lowest BCUT2D eigenvalue weighted by Crippen LogP contribution is -2.26. The molecule has 1 aromatic carbocycles.